The van der Waals surface area contributed by atoms with E-state index < -0.39 is 31.2 Å². The van der Waals surface area contributed by atoms with Crippen LogP contribution in [0.1, 0.15) is 17.0 Å². The molecule has 0 saturated heterocycles. The Kier molecular flexibility index (Phi) is 6.09. The Morgan fingerprint density at radius 1 is 1.22 bits per heavy atom. The van der Waals surface area contributed by atoms with Crippen LogP contribution in [0.3, 0.4) is 0 Å². The van der Waals surface area contributed by atoms with Gasteiger partial charge in [-0.1, -0.05) is 0 Å². The first-order valence-electron chi connectivity index (χ1n) is 7.89. The van der Waals surface area contributed by atoms with Crippen LogP contribution in [0.15, 0.2) is 24.3 Å². The summed E-state index contributed by atoms with van der Waals surface area (Å²) in [6, 6.07) is 6.05. The number of ether oxygens (including phenoxy) is 1. The van der Waals surface area contributed by atoms with Gasteiger partial charge in [-0.05, 0) is 38.1 Å². The summed E-state index contributed by atoms with van der Waals surface area (Å²) >= 11 is 0. The molecule has 0 aliphatic heterocycles. The smallest absolute Gasteiger partial charge is 0.408 e. The standard InChI is InChI=1S/C17H18F3N3O4/c1-10-14(11(2)23(22-10)9-17(18,19)20)7-15(24)21-12-3-5-13(6-4-12)27-8-16(25)26/h3-6H,7-9H2,1-2H3,(H,21,24)(H,25,26). The van der Waals surface area contributed by atoms with Crippen LogP contribution in [0, 0.1) is 13.8 Å². The third-order valence-corrected chi connectivity index (χ3v) is 3.70. The molecule has 0 unspecified atom stereocenters. The Morgan fingerprint density at radius 2 is 1.85 bits per heavy atom. The highest BCUT2D eigenvalue weighted by Gasteiger charge is 2.30. The largest absolute Gasteiger partial charge is 0.482 e. The van der Waals surface area contributed by atoms with Crippen molar-refractivity contribution in [3.05, 3.63) is 41.2 Å². The number of aromatic nitrogens is 2. The number of aliphatic carboxylic acids is 1. The Morgan fingerprint density at radius 3 is 2.41 bits per heavy atom. The normalized spacial score (nSPS) is 11.3. The number of carboxylic acids is 1. The lowest BCUT2D eigenvalue weighted by atomic mass is 10.1. The number of aryl methyl sites for hydroxylation is 1. The lowest BCUT2D eigenvalue weighted by Gasteiger charge is -2.09. The molecule has 0 spiro atoms. The molecule has 0 aliphatic carbocycles. The molecule has 0 saturated carbocycles. The fourth-order valence-corrected chi connectivity index (χ4v) is 2.46. The number of nitrogens with zero attached hydrogens (tertiary/aromatic N) is 2. The van der Waals surface area contributed by atoms with E-state index in [1.165, 1.54) is 31.2 Å². The topological polar surface area (TPSA) is 93.5 Å². The zero-order valence-electron chi connectivity index (χ0n) is 14.6. The van der Waals surface area contributed by atoms with E-state index in [0.29, 0.717) is 22.7 Å². The maximum absolute atomic E-state index is 12.6. The molecule has 0 atom stereocenters. The molecule has 2 N–H and O–H groups in total. The summed E-state index contributed by atoms with van der Waals surface area (Å²) in [7, 11) is 0. The van der Waals surface area contributed by atoms with E-state index in [9.17, 15) is 22.8 Å². The van der Waals surface area contributed by atoms with Crippen LogP contribution in [-0.4, -0.2) is 39.5 Å². The van der Waals surface area contributed by atoms with Crippen molar-refractivity contribution >= 4 is 17.6 Å². The minimum atomic E-state index is -4.40. The van der Waals surface area contributed by atoms with Crippen LogP contribution in [-0.2, 0) is 22.6 Å². The van der Waals surface area contributed by atoms with Gasteiger partial charge in [0, 0.05) is 16.9 Å². The van der Waals surface area contributed by atoms with Crippen molar-refractivity contribution in [1.82, 2.24) is 9.78 Å². The summed E-state index contributed by atoms with van der Waals surface area (Å²) in [5.74, 6) is -1.19. The zero-order chi connectivity index (χ0) is 20.2. The molecule has 0 fully saturated rings. The van der Waals surface area contributed by atoms with Crippen molar-refractivity contribution in [3.8, 4) is 5.75 Å². The van der Waals surface area contributed by atoms with Crippen LogP contribution in [0.2, 0.25) is 0 Å². The molecule has 146 valence electrons. The van der Waals surface area contributed by atoms with Gasteiger partial charge in [0.2, 0.25) is 5.91 Å². The molecule has 2 aromatic rings. The van der Waals surface area contributed by atoms with Crippen molar-refractivity contribution in [2.24, 2.45) is 0 Å². The lowest BCUT2D eigenvalue weighted by Crippen LogP contribution is -2.20. The monoisotopic (exact) mass is 385 g/mol. The van der Waals surface area contributed by atoms with E-state index in [1.807, 2.05) is 0 Å². The molecule has 1 amide bonds. The number of nitrogens with one attached hydrogen (secondary N) is 1. The van der Waals surface area contributed by atoms with Gasteiger partial charge in [-0.2, -0.15) is 18.3 Å². The van der Waals surface area contributed by atoms with Gasteiger partial charge in [0.15, 0.2) is 6.61 Å². The second-order valence-electron chi connectivity index (χ2n) is 5.85. The minimum Gasteiger partial charge on any atom is -0.482 e. The van der Waals surface area contributed by atoms with E-state index in [0.717, 1.165) is 4.68 Å². The van der Waals surface area contributed by atoms with Crippen molar-refractivity contribution in [1.29, 1.82) is 0 Å². The molecular formula is C17H18F3N3O4. The second-order valence-corrected chi connectivity index (χ2v) is 5.85. The first kappa shape index (κ1) is 20.3. The average molecular weight is 385 g/mol. The molecular weight excluding hydrogens is 367 g/mol. The minimum absolute atomic E-state index is 0.118. The number of rotatable bonds is 7. The van der Waals surface area contributed by atoms with Gasteiger partial charge in [0.05, 0.1) is 12.1 Å². The number of hydrogen-bond donors (Lipinski definition) is 2. The van der Waals surface area contributed by atoms with Crippen LogP contribution in [0.25, 0.3) is 0 Å². The highest BCUT2D eigenvalue weighted by molar-refractivity contribution is 5.92. The van der Waals surface area contributed by atoms with E-state index in [2.05, 4.69) is 10.4 Å². The Labute approximate surface area is 152 Å². The molecule has 1 heterocycles. The number of carboxylic acid groups (broad SMARTS) is 1. The van der Waals surface area contributed by atoms with Gasteiger partial charge < -0.3 is 15.2 Å². The van der Waals surface area contributed by atoms with Crippen molar-refractivity contribution in [2.45, 2.75) is 33.0 Å². The van der Waals surface area contributed by atoms with Gasteiger partial charge in [0.1, 0.15) is 12.3 Å². The number of anilines is 1. The number of alkyl halides is 3. The summed E-state index contributed by atoms with van der Waals surface area (Å²) in [4.78, 5) is 22.6. The highest BCUT2D eigenvalue weighted by atomic mass is 19.4. The van der Waals surface area contributed by atoms with Gasteiger partial charge in [0.25, 0.3) is 0 Å². The van der Waals surface area contributed by atoms with Crippen molar-refractivity contribution in [3.63, 3.8) is 0 Å². The third kappa shape index (κ3) is 6.01. The number of carbonyl (C=O) groups excluding carboxylic acids is 1. The van der Waals surface area contributed by atoms with E-state index in [4.69, 9.17) is 9.84 Å². The number of halogens is 3. The van der Waals surface area contributed by atoms with Gasteiger partial charge >= 0.3 is 12.1 Å². The predicted molar refractivity (Wildman–Crippen MR) is 89.7 cm³/mol. The number of carbonyl (C=O) groups is 2. The number of benzene rings is 1. The lowest BCUT2D eigenvalue weighted by molar-refractivity contribution is -0.143. The Balaban J connectivity index is 2.00. The summed E-state index contributed by atoms with van der Waals surface area (Å²) < 4.78 is 43.5. The van der Waals surface area contributed by atoms with E-state index in [-0.39, 0.29) is 12.1 Å². The maximum atomic E-state index is 12.6. The van der Waals surface area contributed by atoms with Crippen LogP contribution >= 0.6 is 0 Å². The molecule has 0 aliphatic rings. The van der Waals surface area contributed by atoms with Crippen LogP contribution < -0.4 is 10.1 Å². The first-order chi connectivity index (χ1) is 12.5. The van der Waals surface area contributed by atoms with Gasteiger partial charge in [-0.25, -0.2) is 4.79 Å². The molecule has 27 heavy (non-hydrogen) atoms. The maximum Gasteiger partial charge on any atom is 0.408 e. The number of amides is 1. The van der Waals surface area contributed by atoms with E-state index in [1.54, 1.807) is 6.92 Å². The molecule has 7 nitrogen and oxygen atoms in total. The van der Waals surface area contributed by atoms with Crippen molar-refractivity contribution < 1.29 is 32.6 Å². The van der Waals surface area contributed by atoms with Gasteiger partial charge in [-0.15, -0.1) is 0 Å². The summed E-state index contributed by atoms with van der Waals surface area (Å²) in [6.07, 6.45) is -4.51. The summed E-state index contributed by atoms with van der Waals surface area (Å²) in [5.41, 5.74) is 1.54. The molecule has 10 heteroatoms. The SMILES string of the molecule is Cc1nn(CC(F)(F)F)c(C)c1CC(=O)Nc1ccc(OCC(=O)O)cc1. The van der Waals surface area contributed by atoms with Crippen LogP contribution in [0.5, 0.6) is 5.75 Å². The molecule has 2 rings (SSSR count). The zero-order valence-corrected chi connectivity index (χ0v) is 14.6. The fourth-order valence-electron chi connectivity index (χ4n) is 2.46. The summed E-state index contributed by atoms with van der Waals surface area (Å²) in [5, 5.41) is 15.0. The molecule has 1 aromatic carbocycles. The first-order valence-corrected chi connectivity index (χ1v) is 7.89. The Bertz CT molecular complexity index is 829. The molecule has 0 radical (unpaired) electrons. The highest BCUT2D eigenvalue weighted by Crippen LogP contribution is 2.22. The average Bonchev–Trinajstić information content (AvgIpc) is 2.80. The fraction of sp³-hybridized carbons (Fsp3) is 0.353. The molecule has 1 aromatic heterocycles. The predicted octanol–water partition coefficient (Wildman–Crippen LogP) is 2.71. The van der Waals surface area contributed by atoms with Gasteiger partial charge in [-0.3, -0.25) is 9.48 Å². The quantitative estimate of drug-likeness (QED) is 0.764. The number of hydrogen-bond acceptors (Lipinski definition) is 4. The second kappa shape index (κ2) is 8.11. The summed E-state index contributed by atoms with van der Waals surface area (Å²) in [6.45, 7) is 1.35. The Hall–Kier alpha value is -3.04. The van der Waals surface area contributed by atoms with Crippen LogP contribution in [0.4, 0.5) is 18.9 Å². The molecule has 0 bridgehead atoms. The van der Waals surface area contributed by atoms with E-state index >= 15 is 0 Å². The third-order valence-electron chi connectivity index (χ3n) is 3.70. The van der Waals surface area contributed by atoms with Crippen molar-refractivity contribution in [2.75, 3.05) is 11.9 Å².